The fraction of sp³-hybridized carbons (Fsp3) is 0.0909. The lowest BCUT2D eigenvalue weighted by Gasteiger charge is -2.04. The normalized spacial score (nSPS) is 10.1. The molecule has 0 amide bonds. The van der Waals surface area contributed by atoms with Crippen molar-refractivity contribution < 1.29 is 9.53 Å². The van der Waals surface area contributed by atoms with Crippen LogP contribution in [0.2, 0.25) is 0 Å². The van der Waals surface area contributed by atoms with Crippen LogP contribution in [0.3, 0.4) is 0 Å². The predicted octanol–water partition coefficient (Wildman–Crippen LogP) is 2.18. The van der Waals surface area contributed by atoms with E-state index in [-0.39, 0.29) is 5.97 Å². The number of carbonyl (C=O) groups excluding carboxylic acids is 1. The molecule has 0 saturated carbocycles. The molecule has 16 heavy (non-hydrogen) atoms. The number of nitrogen functional groups attached to an aromatic ring is 1. The van der Waals surface area contributed by atoms with Crippen LogP contribution in [0.1, 0.15) is 10.4 Å². The highest BCUT2D eigenvalue weighted by atomic mass is 32.1. The third-order valence-corrected chi connectivity index (χ3v) is 2.80. The summed E-state index contributed by atoms with van der Waals surface area (Å²) in [5, 5.41) is 2.30. The van der Waals surface area contributed by atoms with Gasteiger partial charge in [-0.1, -0.05) is 18.2 Å². The van der Waals surface area contributed by atoms with Crippen molar-refractivity contribution in [3.05, 3.63) is 35.2 Å². The van der Waals surface area contributed by atoms with E-state index >= 15 is 0 Å². The van der Waals surface area contributed by atoms with Crippen molar-refractivity contribution in [2.24, 2.45) is 0 Å². The number of methoxy groups -OCH3 is 1. The first kappa shape index (κ1) is 10.6. The Balaban J connectivity index is 2.52. The molecule has 0 spiro atoms. The molecule has 4 nitrogen and oxygen atoms in total. The SMILES string of the molecule is COC(=O)c1ccccc1-c1csc(N)n1. The molecule has 5 heteroatoms. The Bertz CT molecular complexity index is 522. The molecule has 2 rings (SSSR count). The van der Waals surface area contributed by atoms with Crippen LogP contribution in [0.15, 0.2) is 29.6 Å². The molecule has 0 aliphatic rings. The molecule has 0 bridgehead atoms. The Morgan fingerprint density at radius 1 is 1.44 bits per heavy atom. The first-order chi connectivity index (χ1) is 7.72. The van der Waals surface area contributed by atoms with Crippen molar-refractivity contribution in [1.82, 2.24) is 4.98 Å². The Labute approximate surface area is 96.7 Å². The molecule has 2 N–H and O–H groups in total. The van der Waals surface area contributed by atoms with Gasteiger partial charge in [0.15, 0.2) is 5.13 Å². The molecular weight excluding hydrogens is 224 g/mol. The highest BCUT2D eigenvalue weighted by Crippen LogP contribution is 2.26. The number of anilines is 1. The number of aromatic nitrogens is 1. The first-order valence-electron chi connectivity index (χ1n) is 4.61. The number of nitrogens with two attached hydrogens (primary N) is 1. The molecule has 2 aromatic rings. The van der Waals surface area contributed by atoms with Gasteiger partial charge in [-0.15, -0.1) is 11.3 Å². The van der Waals surface area contributed by atoms with Crippen molar-refractivity contribution in [3.63, 3.8) is 0 Å². The van der Waals surface area contributed by atoms with E-state index < -0.39 is 0 Å². The number of nitrogens with zero attached hydrogens (tertiary/aromatic N) is 1. The summed E-state index contributed by atoms with van der Waals surface area (Å²) in [6.45, 7) is 0. The molecular formula is C11H10N2O2S. The van der Waals surface area contributed by atoms with Gasteiger partial charge in [0.2, 0.25) is 0 Å². The van der Waals surface area contributed by atoms with Crippen molar-refractivity contribution in [2.45, 2.75) is 0 Å². The third kappa shape index (κ3) is 1.90. The number of esters is 1. The summed E-state index contributed by atoms with van der Waals surface area (Å²) in [5.74, 6) is -0.373. The van der Waals surface area contributed by atoms with E-state index in [1.165, 1.54) is 18.4 Å². The summed E-state index contributed by atoms with van der Waals surface area (Å²) >= 11 is 1.34. The zero-order valence-electron chi connectivity index (χ0n) is 8.64. The van der Waals surface area contributed by atoms with Crippen molar-refractivity contribution in [2.75, 3.05) is 12.8 Å². The highest BCUT2D eigenvalue weighted by molar-refractivity contribution is 7.13. The average molecular weight is 234 g/mol. The summed E-state index contributed by atoms with van der Waals surface area (Å²) in [5.41, 5.74) is 7.50. The van der Waals surface area contributed by atoms with Gasteiger partial charge in [0.05, 0.1) is 18.4 Å². The highest BCUT2D eigenvalue weighted by Gasteiger charge is 2.14. The maximum absolute atomic E-state index is 11.5. The first-order valence-corrected chi connectivity index (χ1v) is 5.49. The van der Waals surface area contributed by atoms with E-state index in [2.05, 4.69) is 4.98 Å². The van der Waals surface area contributed by atoms with Gasteiger partial charge in [0, 0.05) is 10.9 Å². The van der Waals surface area contributed by atoms with E-state index in [0.717, 1.165) is 5.56 Å². The summed E-state index contributed by atoms with van der Waals surface area (Å²) in [6.07, 6.45) is 0. The minimum atomic E-state index is -0.373. The number of thiazole rings is 1. The minimum absolute atomic E-state index is 0.373. The van der Waals surface area contributed by atoms with Crippen LogP contribution < -0.4 is 5.73 Å². The van der Waals surface area contributed by atoms with Crippen LogP contribution in [0.4, 0.5) is 5.13 Å². The molecule has 0 fully saturated rings. The number of benzene rings is 1. The fourth-order valence-corrected chi connectivity index (χ4v) is 1.97. The molecule has 0 aliphatic carbocycles. The maximum atomic E-state index is 11.5. The lowest BCUT2D eigenvalue weighted by molar-refractivity contribution is 0.0601. The monoisotopic (exact) mass is 234 g/mol. The van der Waals surface area contributed by atoms with Gasteiger partial charge in [0.25, 0.3) is 0 Å². The molecule has 0 aliphatic heterocycles. The molecule has 0 unspecified atom stereocenters. The Morgan fingerprint density at radius 2 is 2.19 bits per heavy atom. The summed E-state index contributed by atoms with van der Waals surface area (Å²) in [4.78, 5) is 15.7. The van der Waals surface area contributed by atoms with Crippen molar-refractivity contribution >= 4 is 22.4 Å². The molecule has 82 valence electrons. The number of rotatable bonds is 2. The van der Waals surface area contributed by atoms with Crippen LogP contribution in [0.25, 0.3) is 11.3 Å². The van der Waals surface area contributed by atoms with Crippen LogP contribution in [-0.2, 0) is 4.74 Å². The van der Waals surface area contributed by atoms with E-state index in [0.29, 0.717) is 16.4 Å². The van der Waals surface area contributed by atoms with Gasteiger partial charge in [-0.2, -0.15) is 0 Å². The second-order valence-electron chi connectivity index (χ2n) is 3.11. The number of hydrogen-bond donors (Lipinski definition) is 1. The number of carbonyl (C=O) groups is 1. The summed E-state index contributed by atoms with van der Waals surface area (Å²) in [6, 6.07) is 7.15. The Hall–Kier alpha value is -1.88. The van der Waals surface area contributed by atoms with Gasteiger partial charge in [-0.3, -0.25) is 0 Å². The molecule has 1 aromatic carbocycles. The van der Waals surface area contributed by atoms with E-state index in [1.807, 2.05) is 17.5 Å². The van der Waals surface area contributed by atoms with Crippen molar-refractivity contribution in [1.29, 1.82) is 0 Å². The maximum Gasteiger partial charge on any atom is 0.338 e. The van der Waals surface area contributed by atoms with Crippen LogP contribution in [0.5, 0.6) is 0 Å². The van der Waals surface area contributed by atoms with Crippen LogP contribution in [0, 0.1) is 0 Å². The topological polar surface area (TPSA) is 65.2 Å². The Kier molecular flexibility index (Phi) is 2.87. The lowest BCUT2D eigenvalue weighted by atomic mass is 10.1. The summed E-state index contributed by atoms with van der Waals surface area (Å²) in [7, 11) is 1.36. The lowest BCUT2D eigenvalue weighted by Crippen LogP contribution is -2.03. The average Bonchev–Trinajstić information content (AvgIpc) is 2.75. The third-order valence-electron chi connectivity index (χ3n) is 2.13. The molecule has 1 aromatic heterocycles. The largest absolute Gasteiger partial charge is 0.465 e. The van der Waals surface area contributed by atoms with Gasteiger partial charge in [0.1, 0.15) is 0 Å². The van der Waals surface area contributed by atoms with Gasteiger partial charge in [-0.05, 0) is 6.07 Å². The van der Waals surface area contributed by atoms with Crippen LogP contribution in [-0.4, -0.2) is 18.1 Å². The molecule has 0 radical (unpaired) electrons. The smallest absolute Gasteiger partial charge is 0.338 e. The second kappa shape index (κ2) is 4.32. The standard InChI is InChI=1S/C11H10N2O2S/c1-15-10(14)8-5-3-2-4-7(8)9-6-16-11(12)13-9/h2-6H,1H3,(H2,12,13). The van der Waals surface area contributed by atoms with Gasteiger partial charge < -0.3 is 10.5 Å². The predicted molar refractivity (Wildman–Crippen MR) is 63.3 cm³/mol. The summed E-state index contributed by atoms with van der Waals surface area (Å²) < 4.78 is 4.71. The zero-order valence-corrected chi connectivity index (χ0v) is 9.45. The minimum Gasteiger partial charge on any atom is -0.465 e. The van der Waals surface area contributed by atoms with Crippen molar-refractivity contribution in [3.8, 4) is 11.3 Å². The van der Waals surface area contributed by atoms with E-state index in [4.69, 9.17) is 10.5 Å². The number of hydrogen-bond acceptors (Lipinski definition) is 5. The quantitative estimate of drug-likeness (QED) is 0.809. The zero-order chi connectivity index (χ0) is 11.5. The van der Waals surface area contributed by atoms with E-state index in [1.54, 1.807) is 12.1 Å². The van der Waals surface area contributed by atoms with Gasteiger partial charge >= 0.3 is 5.97 Å². The fourth-order valence-electron chi connectivity index (χ4n) is 1.41. The number of ether oxygens (including phenoxy) is 1. The van der Waals surface area contributed by atoms with Gasteiger partial charge in [-0.25, -0.2) is 9.78 Å². The Morgan fingerprint density at radius 3 is 2.81 bits per heavy atom. The molecule has 0 saturated heterocycles. The molecule has 1 heterocycles. The van der Waals surface area contributed by atoms with E-state index in [9.17, 15) is 4.79 Å². The second-order valence-corrected chi connectivity index (χ2v) is 4.00. The van der Waals surface area contributed by atoms with Crippen LogP contribution >= 0.6 is 11.3 Å². The molecule has 0 atom stereocenters.